The van der Waals surface area contributed by atoms with E-state index in [2.05, 4.69) is 26.2 Å². The maximum atomic E-state index is 10.5. The van der Waals surface area contributed by atoms with Crippen LogP contribution in [0.1, 0.15) is 12.6 Å². The molecule has 0 radical (unpaired) electrons. The lowest BCUT2D eigenvalue weighted by Crippen LogP contribution is -2.19. The second-order valence-corrected chi connectivity index (χ2v) is 3.53. The van der Waals surface area contributed by atoms with E-state index in [0.29, 0.717) is 6.54 Å². The first-order valence-electron chi connectivity index (χ1n) is 3.93. The SMILES string of the molecule is CC(=O)NCC=Cc1cc(Br)c[nH]1. The molecule has 13 heavy (non-hydrogen) atoms. The van der Waals surface area contributed by atoms with Crippen molar-refractivity contribution in [3.63, 3.8) is 0 Å². The third-order valence-electron chi connectivity index (χ3n) is 1.44. The second kappa shape index (κ2) is 4.87. The summed E-state index contributed by atoms with van der Waals surface area (Å²) < 4.78 is 1.02. The molecule has 0 aliphatic heterocycles. The molecule has 2 N–H and O–H groups in total. The third kappa shape index (κ3) is 3.94. The number of carbonyl (C=O) groups is 1. The van der Waals surface area contributed by atoms with Crippen LogP contribution in [0.5, 0.6) is 0 Å². The smallest absolute Gasteiger partial charge is 0.217 e. The topological polar surface area (TPSA) is 44.9 Å². The summed E-state index contributed by atoms with van der Waals surface area (Å²) in [5.41, 5.74) is 1.01. The van der Waals surface area contributed by atoms with Gasteiger partial charge in [-0.15, -0.1) is 0 Å². The van der Waals surface area contributed by atoms with Gasteiger partial charge in [0.2, 0.25) is 5.91 Å². The van der Waals surface area contributed by atoms with Crippen LogP contribution in [0.3, 0.4) is 0 Å². The van der Waals surface area contributed by atoms with Crippen molar-refractivity contribution in [2.75, 3.05) is 6.54 Å². The molecule has 3 nitrogen and oxygen atoms in total. The molecule has 1 rings (SSSR count). The van der Waals surface area contributed by atoms with Gasteiger partial charge < -0.3 is 10.3 Å². The number of aromatic nitrogens is 1. The van der Waals surface area contributed by atoms with E-state index in [-0.39, 0.29) is 5.91 Å². The average Bonchev–Trinajstić information content (AvgIpc) is 2.45. The van der Waals surface area contributed by atoms with Gasteiger partial charge in [-0.2, -0.15) is 0 Å². The van der Waals surface area contributed by atoms with Gasteiger partial charge in [0.15, 0.2) is 0 Å². The van der Waals surface area contributed by atoms with E-state index >= 15 is 0 Å². The molecule has 1 aromatic rings. The van der Waals surface area contributed by atoms with Crippen LogP contribution < -0.4 is 5.32 Å². The van der Waals surface area contributed by atoms with Crippen molar-refractivity contribution in [2.45, 2.75) is 6.92 Å². The van der Waals surface area contributed by atoms with E-state index in [4.69, 9.17) is 0 Å². The van der Waals surface area contributed by atoms with Crippen molar-refractivity contribution in [1.82, 2.24) is 10.3 Å². The molecule has 1 aromatic heterocycles. The molecule has 4 heteroatoms. The van der Waals surface area contributed by atoms with E-state index in [9.17, 15) is 4.79 Å². The molecule has 0 unspecified atom stereocenters. The standard InChI is InChI=1S/C9H11BrN2O/c1-7(13)11-4-2-3-9-5-8(10)6-12-9/h2-3,5-6,12H,4H2,1H3,(H,11,13). The van der Waals surface area contributed by atoms with Crippen LogP contribution in [0.2, 0.25) is 0 Å². The lowest BCUT2D eigenvalue weighted by Gasteiger charge is -1.93. The molecule has 0 saturated heterocycles. The molecule has 0 aliphatic rings. The van der Waals surface area contributed by atoms with Crippen LogP contribution in [0.4, 0.5) is 0 Å². The number of halogens is 1. The quantitative estimate of drug-likeness (QED) is 0.836. The van der Waals surface area contributed by atoms with Crippen LogP contribution >= 0.6 is 15.9 Å². The number of carbonyl (C=O) groups excluding carboxylic acids is 1. The number of aromatic amines is 1. The van der Waals surface area contributed by atoms with Gasteiger partial charge in [-0.1, -0.05) is 6.08 Å². The second-order valence-electron chi connectivity index (χ2n) is 2.61. The van der Waals surface area contributed by atoms with Gasteiger partial charge in [0.25, 0.3) is 0 Å². The number of nitrogens with one attached hydrogen (secondary N) is 2. The summed E-state index contributed by atoms with van der Waals surface area (Å²) in [6.07, 6.45) is 5.67. The minimum atomic E-state index is -0.0164. The van der Waals surface area contributed by atoms with Gasteiger partial charge in [-0.05, 0) is 28.1 Å². The molecule has 0 spiro atoms. The normalized spacial score (nSPS) is 10.6. The minimum absolute atomic E-state index is 0.0164. The highest BCUT2D eigenvalue weighted by Gasteiger charge is 1.90. The highest BCUT2D eigenvalue weighted by molar-refractivity contribution is 9.10. The van der Waals surface area contributed by atoms with Crippen molar-refractivity contribution in [3.8, 4) is 0 Å². The molecule has 0 aliphatic carbocycles. The minimum Gasteiger partial charge on any atom is -0.361 e. The highest BCUT2D eigenvalue weighted by Crippen LogP contribution is 2.11. The summed E-state index contributed by atoms with van der Waals surface area (Å²) in [6.45, 7) is 2.06. The molecule has 1 heterocycles. The Hall–Kier alpha value is -1.03. The number of amides is 1. The predicted molar refractivity (Wildman–Crippen MR) is 56.2 cm³/mol. The van der Waals surface area contributed by atoms with Gasteiger partial charge in [0, 0.05) is 29.8 Å². The molecule has 0 atom stereocenters. The van der Waals surface area contributed by atoms with Gasteiger partial charge in [-0.3, -0.25) is 4.79 Å². The summed E-state index contributed by atoms with van der Waals surface area (Å²) in [4.78, 5) is 13.5. The first-order valence-corrected chi connectivity index (χ1v) is 4.72. The Morgan fingerprint density at radius 1 is 1.77 bits per heavy atom. The zero-order chi connectivity index (χ0) is 9.68. The summed E-state index contributed by atoms with van der Waals surface area (Å²) in [5.74, 6) is -0.0164. The van der Waals surface area contributed by atoms with Crippen LogP contribution in [0, 0.1) is 0 Å². The lowest BCUT2D eigenvalue weighted by atomic mass is 10.4. The summed E-state index contributed by atoms with van der Waals surface area (Å²) >= 11 is 3.33. The van der Waals surface area contributed by atoms with Crippen LogP contribution in [0.15, 0.2) is 22.8 Å². The molecular weight excluding hydrogens is 232 g/mol. The van der Waals surface area contributed by atoms with Gasteiger partial charge in [0.05, 0.1) is 0 Å². The molecule has 1 amide bonds. The van der Waals surface area contributed by atoms with E-state index in [0.717, 1.165) is 10.2 Å². The largest absolute Gasteiger partial charge is 0.361 e. The molecule has 0 saturated carbocycles. The summed E-state index contributed by atoms with van der Waals surface area (Å²) in [7, 11) is 0. The van der Waals surface area contributed by atoms with Crippen molar-refractivity contribution < 1.29 is 4.79 Å². The number of rotatable bonds is 3. The third-order valence-corrected chi connectivity index (χ3v) is 1.89. The van der Waals surface area contributed by atoms with Crippen molar-refractivity contribution in [2.24, 2.45) is 0 Å². The van der Waals surface area contributed by atoms with Crippen LogP contribution in [-0.4, -0.2) is 17.4 Å². The Morgan fingerprint density at radius 2 is 2.54 bits per heavy atom. The highest BCUT2D eigenvalue weighted by atomic mass is 79.9. The maximum absolute atomic E-state index is 10.5. The molecule has 70 valence electrons. The molecular formula is C9H11BrN2O. The fraction of sp³-hybridized carbons (Fsp3) is 0.222. The first kappa shape index (κ1) is 10.1. The monoisotopic (exact) mass is 242 g/mol. The van der Waals surface area contributed by atoms with Crippen LogP contribution in [-0.2, 0) is 4.79 Å². The van der Waals surface area contributed by atoms with Gasteiger partial charge >= 0.3 is 0 Å². The average molecular weight is 243 g/mol. The Labute approximate surface area is 85.4 Å². The Morgan fingerprint density at radius 3 is 3.08 bits per heavy atom. The Bertz CT molecular complexity index is 317. The van der Waals surface area contributed by atoms with E-state index in [1.54, 1.807) is 0 Å². The maximum Gasteiger partial charge on any atom is 0.217 e. The fourth-order valence-corrected chi connectivity index (χ4v) is 1.23. The Balaban J connectivity index is 2.36. The molecule has 0 fully saturated rings. The van der Waals surface area contributed by atoms with E-state index < -0.39 is 0 Å². The predicted octanol–water partition coefficient (Wildman–Crippen LogP) is 1.93. The summed E-state index contributed by atoms with van der Waals surface area (Å²) in [5, 5.41) is 2.67. The van der Waals surface area contributed by atoms with E-state index in [1.165, 1.54) is 6.92 Å². The lowest BCUT2D eigenvalue weighted by molar-refractivity contribution is -0.118. The van der Waals surface area contributed by atoms with Gasteiger partial charge in [0.1, 0.15) is 0 Å². The van der Waals surface area contributed by atoms with Crippen molar-refractivity contribution in [1.29, 1.82) is 0 Å². The number of hydrogen-bond donors (Lipinski definition) is 2. The fourth-order valence-electron chi connectivity index (χ4n) is 0.869. The van der Waals surface area contributed by atoms with Crippen molar-refractivity contribution >= 4 is 27.9 Å². The number of hydrogen-bond acceptors (Lipinski definition) is 1. The Kier molecular flexibility index (Phi) is 3.76. The summed E-state index contributed by atoms with van der Waals surface area (Å²) in [6, 6.07) is 1.96. The zero-order valence-corrected chi connectivity index (χ0v) is 8.89. The zero-order valence-electron chi connectivity index (χ0n) is 7.30. The van der Waals surface area contributed by atoms with E-state index in [1.807, 2.05) is 24.4 Å². The first-order chi connectivity index (χ1) is 6.18. The number of H-pyrrole nitrogens is 1. The van der Waals surface area contributed by atoms with Crippen molar-refractivity contribution in [3.05, 3.63) is 28.5 Å². The van der Waals surface area contributed by atoms with Gasteiger partial charge in [-0.25, -0.2) is 0 Å². The molecule has 0 aromatic carbocycles. The molecule has 0 bridgehead atoms. The van der Waals surface area contributed by atoms with Crippen LogP contribution in [0.25, 0.3) is 6.08 Å².